The minimum Gasteiger partial charge on any atom is -0.508 e. The molecule has 2 N–H and O–H groups in total. The van der Waals surface area contributed by atoms with Crippen LogP contribution < -0.4 is 0 Å². The molecule has 0 saturated carbocycles. The van der Waals surface area contributed by atoms with Crippen molar-refractivity contribution in [2.24, 2.45) is 0 Å². The molecule has 0 aliphatic heterocycles. The SMILES string of the molecule is COC(=O)Cc1cc(O)cc(O)c1C(=O)c1ccc(I)cc1. The van der Waals surface area contributed by atoms with E-state index >= 15 is 0 Å². The van der Waals surface area contributed by atoms with Gasteiger partial charge in [-0.2, -0.15) is 0 Å². The number of benzene rings is 2. The van der Waals surface area contributed by atoms with Crippen molar-refractivity contribution in [1.29, 1.82) is 0 Å². The Morgan fingerprint density at radius 2 is 1.77 bits per heavy atom. The molecular weight excluding hydrogens is 399 g/mol. The highest BCUT2D eigenvalue weighted by molar-refractivity contribution is 14.1. The van der Waals surface area contributed by atoms with Gasteiger partial charge in [0.1, 0.15) is 11.5 Å². The molecule has 0 spiro atoms. The summed E-state index contributed by atoms with van der Waals surface area (Å²) in [7, 11) is 1.23. The van der Waals surface area contributed by atoms with E-state index in [1.165, 1.54) is 13.2 Å². The Labute approximate surface area is 140 Å². The smallest absolute Gasteiger partial charge is 0.310 e. The number of methoxy groups -OCH3 is 1. The maximum absolute atomic E-state index is 12.6. The van der Waals surface area contributed by atoms with E-state index in [9.17, 15) is 19.8 Å². The van der Waals surface area contributed by atoms with Gasteiger partial charge in [0.15, 0.2) is 5.78 Å². The number of hydrogen-bond donors (Lipinski definition) is 2. The molecule has 0 atom stereocenters. The van der Waals surface area contributed by atoms with Crippen LogP contribution in [0.5, 0.6) is 11.5 Å². The van der Waals surface area contributed by atoms with Crippen molar-refractivity contribution in [1.82, 2.24) is 0 Å². The Balaban J connectivity index is 2.50. The summed E-state index contributed by atoms with van der Waals surface area (Å²) in [6, 6.07) is 9.16. The van der Waals surface area contributed by atoms with Crippen LogP contribution in [0.15, 0.2) is 36.4 Å². The lowest BCUT2D eigenvalue weighted by molar-refractivity contribution is -0.139. The first-order chi connectivity index (χ1) is 10.4. The van der Waals surface area contributed by atoms with Gasteiger partial charge in [-0.3, -0.25) is 9.59 Å². The molecule has 0 saturated heterocycles. The zero-order valence-corrected chi connectivity index (χ0v) is 13.8. The Kier molecular flexibility index (Phi) is 5.02. The molecule has 2 aromatic rings. The molecule has 0 aromatic heterocycles. The van der Waals surface area contributed by atoms with Crippen LogP contribution in [0.2, 0.25) is 0 Å². The Bertz CT molecular complexity index is 722. The van der Waals surface area contributed by atoms with Crippen LogP contribution in [-0.2, 0) is 16.0 Å². The maximum atomic E-state index is 12.6. The summed E-state index contributed by atoms with van der Waals surface area (Å²) in [5, 5.41) is 19.6. The monoisotopic (exact) mass is 412 g/mol. The lowest BCUT2D eigenvalue weighted by atomic mass is 9.95. The number of ether oxygens (including phenoxy) is 1. The van der Waals surface area contributed by atoms with Crippen LogP contribution in [0, 0.1) is 3.57 Å². The van der Waals surface area contributed by atoms with E-state index in [0.29, 0.717) is 5.56 Å². The molecule has 0 unspecified atom stereocenters. The van der Waals surface area contributed by atoms with Crippen molar-refractivity contribution in [3.8, 4) is 11.5 Å². The fourth-order valence-corrected chi connectivity index (χ4v) is 2.40. The predicted molar refractivity (Wildman–Crippen MR) is 88.1 cm³/mol. The van der Waals surface area contributed by atoms with Gasteiger partial charge >= 0.3 is 5.97 Å². The highest BCUT2D eigenvalue weighted by Gasteiger charge is 2.21. The van der Waals surface area contributed by atoms with Crippen molar-refractivity contribution in [2.45, 2.75) is 6.42 Å². The first-order valence-corrected chi connectivity index (χ1v) is 7.42. The summed E-state index contributed by atoms with van der Waals surface area (Å²) in [4.78, 5) is 24.0. The highest BCUT2D eigenvalue weighted by atomic mass is 127. The van der Waals surface area contributed by atoms with Crippen LogP contribution in [0.25, 0.3) is 0 Å². The number of ketones is 1. The van der Waals surface area contributed by atoms with Crippen LogP contribution in [-0.4, -0.2) is 29.1 Å². The second-order valence-corrected chi connectivity index (χ2v) is 5.83. The minimum atomic E-state index is -0.568. The number of hydrogen-bond acceptors (Lipinski definition) is 5. The molecule has 2 rings (SSSR count). The van der Waals surface area contributed by atoms with Gasteiger partial charge in [-0.1, -0.05) is 0 Å². The largest absolute Gasteiger partial charge is 0.508 e. The lowest BCUT2D eigenvalue weighted by Crippen LogP contribution is -2.11. The van der Waals surface area contributed by atoms with Gasteiger partial charge in [0.2, 0.25) is 0 Å². The fourth-order valence-electron chi connectivity index (χ4n) is 2.04. The number of carbonyl (C=O) groups excluding carboxylic acids is 2. The van der Waals surface area contributed by atoms with Crippen molar-refractivity contribution >= 4 is 34.3 Å². The van der Waals surface area contributed by atoms with Gasteiger partial charge in [0, 0.05) is 15.2 Å². The molecule has 0 bridgehead atoms. The summed E-state index contributed by atoms with van der Waals surface area (Å²) in [5.74, 6) is -1.59. The van der Waals surface area contributed by atoms with Gasteiger partial charge < -0.3 is 14.9 Å². The van der Waals surface area contributed by atoms with Crippen LogP contribution in [0.3, 0.4) is 0 Å². The number of phenolic OH excluding ortho intramolecular Hbond substituents is 2. The molecular formula is C16H13IO5. The van der Waals surface area contributed by atoms with E-state index in [1.807, 2.05) is 0 Å². The van der Waals surface area contributed by atoms with E-state index in [0.717, 1.165) is 9.64 Å². The Morgan fingerprint density at radius 1 is 1.14 bits per heavy atom. The molecule has 0 fully saturated rings. The van der Waals surface area contributed by atoms with Crippen LogP contribution in [0.4, 0.5) is 0 Å². The van der Waals surface area contributed by atoms with Gasteiger partial charge in [-0.05, 0) is 58.5 Å². The molecule has 0 aliphatic rings. The molecule has 2 aromatic carbocycles. The van der Waals surface area contributed by atoms with Crippen molar-refractivity contribution < 1.29 is 24.5 Å². The third kappa shape index (κ3) is 3.56. The van der Waals surface area contributed by atoms with E-state index in [4.69, 9.17) is 0 Å². The number of rotatable bonds is 4. The summed E-state index contributed by atoms with van der Waals surface area (Å²) in [5.41, 5.74) is 0.588. The van der Waals surface area contributed by atoms with Gasteiger partial charge in [-0.15, -0.1) is 0 Å². The van der Waals surface area contributed by atoms with Crippen molar-refractivity contribution in [2.75, 3.05) is 7.11 Å². The summed E-state index contributed by atoms with van der Waals surface area (Å²) in [6.45, 7) is 0. The zero-order chi connectivity index (χ0) is 16.3. The second-order valence-electron chi connectivity index (χ2n) is 4.59. The minimum absolute atomic E-state index is 0.00981. The van der Waals surface area contributed by atoms with Gasteiger partial charge in [0.05, 0.1) is 19.1 Å². The van der Waals surface area contributed by atoms with Gasteiger partial charge in [-0.25, -0.2) is 0 Å². The Hall–Kier alpha value is -2.09. The van der Waals surface area contributed by atoms with E-state index in [1.54, 1.807) is 24.3 Å². The normalized spacial score (nSPS) is 10.3. The number of halogens is 1. The summed E-state index contributed by atoms with van der Waals surface area (Å²) in [6.07, 6.45) is -0.218. The number of phenols is 2. The zero-order valence-electron chi connectivity index (χ0n) is 11.7. The molecule has 6 heteroatoms. The number of esters is 1. The quantitative estimate of drug-likeness (QED) is 0.459. The maximum Gasteiger partial charge on any atom is 0.310 e. The fraction of sp³-hybridized carbons (Fsp3) is 0.125. The second kappa shape index (κ2) is 6.78. The number of carbonyl (C=O) groups is 2. The lowest BCUT2D eigenvalue weighted by Gasteiger charge is -2.11. The van der Waals surface area contributed by atoms with E-state index < -0.39 is 11.8 Å². The van der Waals surface area contributed by atoms with E-state index in [-0.39, 0.29) is 29.0 Å². The highest BCUT2D eigenvalue weighted by Crippen LogP contribution is 2.30. The summed E-state index contributed by atoms with van der Waals surface area (Å²) < 4.78 is 5.55. The van der Waals surface area contributed by atoms with Crippen LogP contribution in [0.1, 0.15) is 21.5 Å². The Morgan fingerprint density at radius 3 is 2.36 bits per heavy atom. The molecule has 0 radical (unpaired) electrons. The molecule has 22 heavy (non-hydrogen) atoms. The van der Waals surface area contributed by atoms with Crippen molar-refractivity contribution in [3.05, 3.63) is 56.7 Å². The third-order valence-electron chi connectivity index (χ3n) is 3.08. The van der Waals surface area contributed by atoms with Crippen LogP contribution >= 0.6 is 22.6 Å². The molecule has 0 amide bonds. The van der Waals surface area contributed by atoms with Gasteiger partial charge in [0.25, 0.3) is 0 Å². The summed E-state index contributed by atoms with van der Waals surface area (Å²) >= 11 is 2.12. The third-order valence-corrected chi connectivity index (χ3v) is 3.80. The van der Waals surface area contributed by atoms with E-state index in [2.05, 4.69) is 27.3 Å². The molecule has 114 valence electrons. The first kappa shape index (κ1) is 16.3. The van der Waals surface area contributed by atoms with Crippen molar-refractivity contribution in [3.63, 3.8) is 0 Å². The average Bonchev–Trinajstić information content (AvgIpc) is 2.46. The molecule has 0 heterocycles. The number of aromatic hydroxyl groups is 2. The topological polar surface area (TPSA) is 83.8 Å². The predicted octanol–water partition coefficient (Wildman–Crippen LogP) is 2.65. The molecule has 0 aliphatic carbocycles. The molecule has 5 nitrogen and oxygen atoms in total. The average molecular weight is 412 g/mol. The standard InChI is InChI=1S/C16H13IO5/c1-22-14(20)7-10-6-12(18)8-13(19)15(10)16(21)9-2-4-11(17)5-3-9/h2-6,8,18-19H,7H2,1H3. The first-order valence-electron chi connectivity index (χ1n) is 6.34.